The predicted octanol–water partition coefficient (Wildman–Crippen LogP) is 2.76. The molecule has 0 radical (unpaired) electrons. The van der Waals surface area contributed by atoms with Crippen LogP contribution in [0.25, 0.3) is 0 Å². The molecule has 3 fully saturated rings. The van der Waals surface area contributed by atoms with Crippen molar-refractivity contribution in [3.63, 3.8) is 0 Å². The predicted molar refractivity (Wildman–Crippen MR) is 73.4 cm³/mol. The number of piperidine rings is 3. The number of nitrogens with zero attached hydrogens (tertiary/aromatic N) is 1. The van der Waals surface area contributed by atoms with E-state index in [0.717, 1.165) is 0 Å². The molecule has 0 spiro atoms. The van der Waals surface area contributed by atoms with Crippen molar-refractivity contribution < 1.29 is 5.11 Å². The summed E-state index contributed by atoms with van der Waals surface area (Å²) in [5.41, 5.74) is 2.79. The van der Waals surface area contributed by atoms with E-state index in [1.807, 2.05) is 6.92 Å². The molecule has 1 N–H and O–H groups in total. The molecular formula is C16H23NO. The molecule has 1 aromatic carbocycles. The average molecular weight is 245 g/mol. The van der Waals surface area contributed by atoms with Gasteiger partial charge in [0.05, 0.1) is 6.10 Å². The highest BCUT2D eigenvalue weighted by Gasteiger charge is 2.45. The zero-order chi connectivity index (χ0) is 12.7. The second kappa shape index (κ2) is 4.67. The van der Waals surface area contributed by atoms with Gasteiger partial charge in [-0.25, -0.2) is 0 Å². The first kappa shape index (κ1) is 12.2. The number of hydrogen-bond donors (Lipinski definition) is 1. The van der Waals surface area contributed by atoms with Crippen molar-refractivity contribution in [3.8, 4) is 0 Å². The lowest BCUT2D eigenvalue weighted by molar-refractivity contribution is -0.0662. The summed E-state index contributed by atoms with van der Waals surface area (Å²) in [6.45, 7) is 6.56. The van der Waals surface area contributed by atoms with Gasteiger partial charge in [-0.15, -0.1) is 0 Å². The van der Waals surface area contributed by atoms with Crippen molar-refractivity contribution in [1.29, 1.82) is 0 Å². The van der Waals surface area contributed by atoms with Crippen LogP contribution < -0.4 is 0 Å². The Morgan fingerprint density at radius 3 is 2.50 bits per heavy atom. The standard InChI is InChI=1S/C16H23NO/c1-11-5-3-4-6-14(11)16-15(12(2)18)13-7-9-17(16)10-8-13/h3-6,12-13,15-16,18H,7-10H2,1-2H3. The molecule has 18 heavy (non-hydrogen) atoms. The van der Waals surface area contributed by atoms with Crippen molar-refractivity contribution in [1.82, 2.24) is 4.90 Å². The van der Waals surface area contributed by atoms with Crippen molar-refractivity contribution in [2.45, 2.75) is 38.8 Å². The maximum absolute atomic E-state index is 10.2. The molecule has 0 aliphatic carbocycles. The molecule has 3 saturated heterocycles. The fourth-order valence-corrected chi connectivity index (χ4v) is 4.06. The zero-order valence-electron chi connectivity index (χ0n) is 11.3. The van der Waals surface area contributed by atoms with Crippen LogP contribution in [0.1, 0.15) is 36.9 Å². The molecule has 2 nitrogen and oxygen atoms in total. The summed E-state index contributed by atoms with van der Waals surface area (Å²) < 4.78 is 0. The lowest BCUT2D eigenvalue weighted by atomic mass is 9.69. The van der Waals surface area contributed by atoms with Crippen molar-refractivity contribution in [2.75, 3.05) is 13.1 Å². The average Bonchev–Trinajstić information content (AvgIpc) is 2.39. The lowest BCUT2D eigenvalue weighted by Gasteiger charge is -2.52. The van der Waals surface area contributed by atoms with Crippen LogP contribution >= 0.6 is 0 Å². The molecule has 0 amide bonds. The highest BCUT2D eigenvalue weighted by atomic mass is 16.3. The minimum absolute atomic E-state index is 0.206. The summed E-state index contributed by atoms with van der Waals surface area (Å²) in [5, 5.41) is 10.2. The molecule has 3 aliphatic heterocycles. The van der Waals surface area contributed by atoms with Crippen LogP contribution in [-0.4, -0.2) is 29.2 Å². The minimum atomic E-state index is -0.206. The summed E-state index contributed by atoms with van der Waals surface area (Å²) in [7, 11) is 0. The molecule has 98 valence electrons. The molecule has 1 aromatic rings. The highest BCUT2D eigenvalue weighted by Crippen LogP contribution is 2.47. The number of aliphatic hydroxyl groups is 1. The molecule has 3 unspecified atom stereocenters. The Kier molecular flexibility index (Phi) is 3.16. The summed E-state index contributed by atoms with van der Waals surface area (Å²) in [6, 6.07) is 9.10. The van der Waals surface area contributed by atoms with E-state index in [-0.39, 0.29) is 6.10 Å². The van der Waals surface area contributed by atoms with Gasteiger partial charge in [0.2, 0.25) is 0 Å². The van der Waals surface area contributed by atoms with Gasteiger partial charge < -0.3 is 5.11 Å². The number of rotatable bonds is 2. The number of aryl methyl sites for hydroxylation is 1. The molecule has 4 rings (SSSR count). The molecule has 3 aliphatic rings. The Morgan fingerprint density at radius 2 is 1.89 bits per heavy atom. The SMILES string of the molecule is Cc1ccccc1C1C(C(C)O)C2CCN1CC2. The number of fused-ring (bicyclic) bond motifs is 3. The Balaban J connectivity index is 2.00. The van der Waals surface area contributed by atoms with Crippen molar-refractivity contribution in [2.24, 2.45) is 11.8 Å². The quantitative estimate of drug-likeness (QED) is 0.866. The molecule has 0 aromatic heterocycles. The van der Waals surface area contributed by atoms with Gasteiger partial charge >= 0.3 is 0 Å². The zero-order valence-corrected chi connectivity index (χ0v) is 11.3. The lowest BCUT2D eigenvalue weighted by Crippen LogP contribution is -2.52. The normalized spacial score (nSPS) is 36.6. The van der Waals surface area contributed by atoms with E-state index in [9.17, 15) is 5.11 Å². The summed E-state index contributed by atoms with van der Waals surface area (Å²) in [4.78, 5) is 2.58. The largest absolute Gasteiger partial charge is 0.393 e. The molecule has 0 saturated carbocycles. The van der Waals surface area contributed by atoms with Crippen LogP contribution in [0.5, 0.6) is 0 Å². The van der Waals surface area contributed by atoms with E-state index >= 15 is 0 Å². The Hall–Kier alpha value is -0.860. The first-order valence-electron chi connectivity index (χ1n) is 7.16. The summed E-state index contributed by atoms with van der Waals surface area (Å²) in [6.07, 6.45) is 2.32. The summed E-state index contributed by atoms with van der Waals surface area (Å²) >= 11 is 0. The van der Waals surface area contributed by atoms with Gasteiger partial charge in [0.25, 0.3) is 0 Å². The number of hydrogen-bond acceptors (Lipinski definition) is 2. The van der Waals surface area contributed by atoms with Crippen LogP contribution in [0.15, 0.2) is 24.3 Å². The monoisotopic (exact) mass is 245 g/mol. The van der Waals surface area contributed by atoms with E-state index in [4.69, 9.17) is 0 Å². The van der Waals surface area contributed by atoms with E-state index in [1.54, 1.807) is 0 Å². The summed E-state index contributed by atoms with van der Waals surface area (Å²) in [5.74, 6) is 1.12. The third-order valence-corrected chi connectivity index (χ3v) is 4.94. The number of aliphatic hydroxyl groups excluding tert-OH is 1. The fraction of sp³-hybridized carbons (Fsp3) is 0.625. The second-order valence-electron chi connectivity index (χ2n) is 5.99. The van der Waals surface area contributed by atoms with Gasteiger partial charge in [-0.2, -0.15) is 0 Å². The smallest absolute Gasteiger partial charge is 0.0561 e. The van der Waals surface area contributed by atoms with Gasteiger partial charge in [0, 0.05) is 12.0 Å². The number of benzene rings is 1. The van der Waals surface area contributed by atoms with Crippen molar-refractivity contribution >= 4 is 0 Å². The van der Waals surface area contributed by atoms with E-state index in [1.165, 1.54) is 37.1 Å². The molecular weight excluding hydrogens is 222 g/mol. The fourth-order valence-electron chi connectivity index (χ4n) is 4.06. The Labute approximate surface area is 110 Å². The van der Waals surface area contributed by atoms with Crippen molar-refractivity contribution in [3.05, 3.63) is 35.4 Å². The third kappa shape index (κ3) is 1.88. The molecule has 2 heteroatoms. The highest BCUT2D eigenvalue weighted by molar-refractivity contribution is 5.30. The molecule has 3 atom stereocenters. The van der Waals surface area contributed by atoms with E-state index in [2.05, 4.69) is 36.1 Å². The molecule has 3 heterocycles. The Morgan fingerprint density at radius 1 is 1.22 bits per heavy atom. The van der Waals surface area contributed by atoms with Gasteiger partial charge in [-0.3, -0.25) is 4.90 Å². The van der Waals surface area contributed by atoms with Gasteiger partial charge in [0.1, 0.15) is 0 Å². The van der Waals surface area contributed by atoms with Gasteiger partial charge in [-0.05, 0) is 56.8 Å². The van der Waals surface area contributed by atoms with Gasteiger partial charge in [0.15, 0.2) is 0 Å². The second-order valence-corrected chi connectivity index (χ2v) is 5.99. The van der Waals surface area contributed by atoms with Crippen LogP contribution in [0.4, 0.5) is 0 Å². The van der Waals surface area contributed by atoms with Crippen LogP contribution in [-0.2, 0) is 0 Å². The van der Waals surface area contributed by atoms with E-state index < -0.39 is 0 Å². The van der Waals surface area contributed by atoms with Crippen LogP contribution in [0.2, 0.25) is 0 Å². The van der Waals surface area contributed by atoms with Crippen LogP contribution in [0, 0.1) is 18.8 Å². The maximum Gasteiger partial charge on any atom is 0.0561 e. The topological polar surface area (TPSA) is 23.5 Å². The molecule has 2 bridgehead atoms. The minimum Gasteiger partial charge on any atom is -0.393 e. The third-order valence-electron chi connectivity index (χ3n) is 4.94. The van der Waals surface area contributed by atoms with Crippen LogP contribution in [0.3, 0.4) is 0 Å². The van der Waals surface area contributed by atoms with Gasteiger partial charge in [-0.1, -0.05) is 24.3 Å². The first-order valence-corrected chi connectivity index (χ1v) is 7.16. The Bertz CT molecular complexity index is 421. The first-order chi connectivity index (χ1) is 8.68. The van der Waals surface area contributed by atoms with E-state index in [0.29, 0.717) is 17.9 Å². The maximum atomic E-state index is 10.2.